The van der Waals surface area contributed by atoms with Crippen LogP contribution in [0.25, 0.3) is 10.9 Å². The van der Waals surface area contributed by atoms with E-state index in [2.05, 4.69) is 44.6 Å². The SMILES string of the molecule is Cc1[nH]cnc1CN1CCc2c(c3cccc4c3n2CCCC4)C1. The molecule has 4 heteroatoms. The van der Waals surface area contributed by atoms with Gasteiger partial charge in [0, 0.05) is 49.4 Å². The van der Waals surface area contributed by atoms with Crippen LogP contribution in [0.5, 0.6) is 0 Å². The van der Waals surface area contributed by atoms with E-state index in [1.165, 1.54) is 48.1 Å². The Morgan fingerprint density at radius 1 is 1.17 bits per heavy atom. The summed E-state index contributed by atoms with van der Waals surface area (Å²) in [4.78, 5) is 10.2. The van der Waals surface area contributed by atoms with Crippen molar-refractivity contribution in [2.24, 2.45) is 0 Å². The Kier molecular flexibility index (Phi) is 3.27. The largest absolute Gasteiger partial charge is 0.348 e. The molecule has 1 N–H and O–H groups in total. The molecule has 124 valence electrons. The molecule has 3 aromatic rings. The first-order valence-electron chi connectivity index (χ1n) is 9.14. The Bertz CT molecular complexity index is 902. The van der Waals surface area contributed by atoms with Gasteiger partial charge in [-0.1, -0.05) is 18.2 Å². The van der Waals surface area contributed by atoms with E-state index in [9.17, 15) is 0 Å². The highest BCUT2D eigenvalue weighted by Gasteiger charge is 2.26. The van der Waals surface area contributed by atoms with Crippen LogP contribution < -0.4 is 0 Å². The van der Waals surface area contributed by atoms with Crippen LogP contribution >= 0.6 is 0 Å². The molecule has 0 radical (unpaired) electrons. The molecule has 0 aliphatic carbocycles. The van der Waals surface area contributed by atoms with Crippen molar-refractivity contribution in [2.75, 3.05) is 6.54 Å². The van der Waals surface area contributed by atoms with Crippen LogP contribution in [-0.2, 0) is 32.5 Å². The number of fused-ring (bicyclic) bond motifs is 3. The molecule has 2 aliphatic heterocycles. The van der Waals surface area contributed by atoms with Gasteiger partial charge in [-0.25, -0.2) is 4.98 Å². The van der Waals surface area contributed by atoms with Crippen LogP contribution in [0.15, 0.2) is 24.5 Å². The Hall–Kier alpha value is -2.07. The first-order chi connectivity index (χ1) is 11.8. The van der Waals surface area contributed by atoms with Gasteiger partial charge >= 0.3 is 0 Å². The van der Waals surface area contributed by atoms with Gasteiger partial charge in [-0.3, -0.25) is 4.90 Å². The van der Waals surface area contributed by atoms with Crippen molar-refractivity contribution in [1.29, 1.82) is 0 Å². The van der Waals surface area contributed by atoms with Gasteiger partial charge in [0.15, 0.2) is 0 Å². The van der Waals surface area contributed by atoms with Gasteiger partial charge in [-0.15, -0.1) is 0 Å². The van der Waals surface area contributed by atoms with Gasteiger partial charge < -0.3 is 9.55 Å². The van der Waals surface area contributed by atoms with Crippen LogP contribution in [0, 0.1) is 6.92 Å². The number of hydrogen-bond acceptors (Lipinski definition) is 2. The van der Waals surface area contributed by atoms with Crippen LogP contribution in [0.1, 0.15) is 41.1 Å². The number of nitrogens with zero attached hydrogens (tertiary/aromatic N) is 3. The van der Waals surface area contributed by atoms with Crippen molar-refractivity contribution in [2.45, 2.75) is 52.2 Å². The fourth-order valence-corrected chi connectivity index (χ4v) is 4.56. The number of benzene rings is 1. The van der Waals surface area contributed by atoms with E-state index in [-0.39, 0.29) is 0 Å². The van der Waals surface area contributed by atoms with Crippen LogP contribution in [0.3, 0.4) is 0 Å². The molecule has 0 saturated heterocycles. The molecule has 0 bridgehead atoms. The van der Waals surface area contributed by atoms with Gasteiger partial charge in [0.25, 0.3) is 0 Å². The predicted molar refractivity (Wildman–Crippen MR) is 96.0 cm³/mol. The number of rotatable bonds is 2. The summed E-state index contributed by atoms with van der Waals surface area (Å²) in [5.74, 6) is 0. The molecular formula is C20H24N4. The second-order valence-corrected chi connectivity index (χ2v) is 7.28. The maximum atomic E-state index is 4.48. The number of aromatic nitrogens is 3. The normalized spacial score (nSPS) is 17.9. The first-order valence-corrected chi connectivity index (χ1v) is 9.14. The number of para-hydroxylation sites is 1. The number of nitrogens with one attached hydrogen (secondary N) is 1. The molecule has 0 saturated carbocycles. The van der Waals surface area contributed by atoms with E-state index in [0.29, 0.717) is 0 Å². The van der Waals surface area contributed by atoms with Crippen molar-refractivity contribution in [3.8, 4) is 0 Å². The number of aromatic amines is 1. The van der Waals surface area contributed by atoms with Crippen molar-refractivity contribution < 1.29 is 0 Å². The number of hydrogen-bond donors (Lipinski definition) is 1. The minimum atomic E-state index is 0.946. The average molecular weight is 320 g/mol. The lowest BCUT2D eigenvalue weighted by Gasteiger charge is -2.27. The minimum absolute atomic E-state index is 0.946. The van der Waals surface area contributed by atoms with E-state index in [1.54, 1.807) is 16.8 Å². The number of H-pyrrole nitrogens is 1. The van der Waals surface area contributed by atoms with E-state index in [1.807, 2.05) is 6.33 Å². The standard InChI is InChI=1S/C20H24N4/c1-14-18(22-13-21-14)12-23-10-8-19-17(11-23)16-7-4-6-15-5-2-3-9-24(19)20(15)16/h4,6-7,13H,2-3,5,8-12H2,1H3,(H,21,22). The predicted octanol–water partition coefficient (Wildman–Crippen LogP) is 3.57. The van der Waals surface area contributed by atoms with Gasteiger partial charge in [-0.05, 0) is 37.3 Å². The van der Waals surface area contributed by atoms with Gasteiger partial charge in [0.05, 0.1) is 17.5 Å². The van der Waals surface area contributed by atoms with Gasteiger partial charge in [0.1, 0.15) is 0 Å². The van der Waals surface area contributed by atoms with E-state index in [4.69, 9.17) is 0 Å². The van der Waals surface area contributed by atoms with Crippen LogP contribution in [0.4, 0.5) is 0 Å². The average Bonchev–Trinajstić information content (AvgIpc) is 3.05. The second kappa shape index (κ2) is 5.49. The summed E-state index contributed by atoms with van der Waals surface area (Å²) >= 11 is 0. The molecule has 0 spiro atoms. The third kappa shape index (κ3) is 2.13. The third-order valence-electron chi connectivity index (χ3n) is 5.82. The second-order valence-electron chi connectivity index (χ2n) is 7.28. The smallest absolute Gasteiger partial charge is 0.0925 e. The lowest BCUT2D eigenvalue weighted by atomic mass is 10.0. The molecular weight excluding hydrogens is 296 g/mol. The summed E-state index contributed by atoms with van der Waals surface area (Å²) in [6, 6.07) is 6.92. The molecule has 1 aromatic carbocycles. The monoisotopic (exact) mass is 320 g/mol. The van der Waals surface area contributed by atoms with Gasteiger partial charge in [0.2, 0.25) is 0 Å². The number of imidazole rings is 1. The molecule has 0 unspecified atom stereocenters. The lowest BCUT2D eigenvalue weighted by Crippen LogP contribution is -2.31. The molecule has 4 nitrogen and oxygen atoms in total. The Morgan fingerprint density at radius 3 is 3.00 bits per heavy atom. The molecule has 0 atom stereocenters. The molecule has 5 rings (SSSR count). The highest BCUT2D eigenvalue weighted by atomic mass is 15.2. The first kappa shape index (κ1) is 14.3. The van der Waals surface area contributed by atoms with Crippen molar-refractivity contribution >= 4 is 10.9 Å². The van der Waals surface area contributed by atoms with Crippen LogP contribution in [-0.4, -0.2) is 26.0 Å². The summed E-state index contributed by atoms with van der Waals surface area (Å²) in [6.45, 7) is 6.43. The molecule has 0 amide bonds. The van der Waals surface area contributed by atoms with Crippen molar-refractivity contribution in [1.82, 2.24) is 19.4 Å². The molecule has 24 heavy (non-hydrogen) atoms. The fraction of sp³-hybridized carbons (Fsp3) is 0.450. The van der Waals surface area contributed by atoms with Gasteiger partial charge in [-0.2, -0.15) is 0 Å². The summed E-state index contributed by atoms with van der Waals surface area (Å²) in [6.07, 6.45) is 6.83. The quantitative estimate of drug-likeness (QED) is 0.784. The third-order valence-corrected chi connectivity index (χ3v) is 5.82. The van der Waals surface area contributed by atoms with E-state index < -0.39 is 0 Å². The zero-order valence-electron chi connectivity index (χ0n) is 14.3. The lowest BCUT2D eigenvalue weighted by molar-refractivity contribution is 0.240. The summed E-state index contributed by atoms with van der Waals surface area (Å²) in [5, 5.41) is 1.49. The number of aryl methyl sites for hydroxylation is 3. The highest BCUT2D eigenvalue weighted by Crippen LogP contribution is 2.35. The minimum Gasteiger partial charge on any atom is -0.348 e. The zero-order chi connectivity index (χ0) is 16.1. The molecule has 0 fully saturated rings. The van der Waals surface area contributed by atoms with E-state index >= 15 is 0 Å². The Balaban J connectivity index is 1.55. The highest BCUT2D eigenvalue weighted by molar-refractivity contribution is 5.88. The maximum Gasteiger partial charge on any atom is 0.0925 e. The van der Waals surface area contributed by atoms with Crippen LogP contribution in [0.2, 0.25) is 0 Å². The topological polar surface area (TPSA) is 36.9 Å². The molecule has 2 aliphatic rings. The van der Waals surface area contributed by atoms with Crippen molar-refractivity contribution in [3.05, 3.63) is 52.7 Å². The fourth-order valence-electron chi connectivity index (χ4n) is 4.56. The maximum absolute atomic E-state index is 4.48. The molecule has 4 heterocycles. The van der Waals surface area contributed by atoms with E-state index in [0.717, 1.165) is 26.1 Å². The summed E-state index contributed by atoms with van der Waals surface area (Å²) in [7, 11) is 0. The zero-order valence-corrected chi connectivity index (χ0v) is 14.3. The summed E-state index contributed by atoms with van der Waals surface area (Å²) < 4.78 is 2.64. The Morgan fingerprint density at radius 2 is 2.12 bits per heavy atom. The summed E-state index contributed by atoms with van der Waals surface area (Å²) in [5.41, 5.74) is 8.61. The van der Waals surface area contributed by atoms with Crippen molar-refractivity contribution in [3.63, 3.8) is 0 Å². The molecule has 2 aromatic heterocycles. The Labute approximate surface area is 142 Å².